The standard InChI is InChI=1S/C12H19N3O.ClH/c1-8(2)9(3)12(16)15-10-5-6-11(13-4)14-7-10;/h5-9H,1-4H3,(H,13,14)(H,15,16);1H. The minimum atomic E-state index is 0. The van der Waals surface area contributed by atoms with Gasteiger partial charge in [-0.05, 0) is 18.1 Å². The van der Waals surface area contributed by atoms with Crippen molar-refractivity contribution in [1.29, 1.82) is 0 Å². The molecule has 1 unspecified atom stereocenters. The van der Waals surface area contributed by atoms with Crippen LogP contribution in [-0.4, -0.2) is 17.9 Å². The lowest BCUT2D eigenvalue weighted by molar-refractivity contribution is -0.120. The van der Waals surface area contributed by atoms with Crippen LogP contribution >= 0.6 is 12.4 Å². The lowest BCUT2D eigenvalue weighted by atomic mass is 9.97. The van der Waals surface area contributed by atoms with Gasteiger partial charge in [0, 0.05) is 13.0 Å². The highest BCUT2D eigenvalue weighted by atomic mass is 35.5. The maximum atomic E-state index is 11.8. The summed E-state index contributed by atoms with van der Waals surface area (Å²) >= 11 is 0. The first-order valence-electron chi connectivity index (χ1n) is 5.49. The third kappa shape index (κ3) is 4.61. The normalized spacial score (nSPS) is 11.6. The molecule has 1 aromatic rings. The molecule has 1 atom stereocenters. The molecule has 1 heterocycles. The molecule has 17 heavy (non-hydrogen) atoms. The van der Waals surface area contributed by atoms with Gasteiger partial charge in [0.2, 0.25) is 5.91 Å². The molecule has 5 heteroatoms. The molecule has 2 N–H and O–H groups in total. The molecule has 0 aliphatic carbocycles. The van der Waals surface area contributed by atoms with E-state index in [0.29, 0.717) is 5.92 Å². The minimum Gasteiger partial charge on any atom is -0.373 e. The Morgan fingerprint density at radius 1 is 1.29 bits per heavy atom. The number of amides is 1. The van der Waals surface area contributed by atoms with Crippen molar-refractivity contribution < 1.29 is 4.79 Å². The molecule has 0 spiro atoms. The lowest BCUT2D eigenvalue weighted by Gasteiger charge is -2.15. The SMILES string of the molecule is CNc1ccc(NC(=O)C(C)C(C)C)cn1.Cl. The molecular weight excluding hydrogens is 238 g/mol. The molecule has 0 aromatic carbocycles. The molecule has 4 nitrogen and oxygen atoms in total. The second-order valence-corrected chi connectivity index (χ2v) is 4.20. The van der Waals surface area contributed by atoms with Gasteiger partial charge in [-0.25, -0.2) is 4.98 Å². The van der Waals surface area contributed by atoms with Gasteiger partial charge in [0.1, 0.15) is 5.82 Å². The Bertz CT molecular complexity index is 351. The maximum Gasteiger partial charge on any atom is 0.227 e. The molecule has 0 fully saturated rings. The number of aromatic nitrogens is 1. The van der Waals surface area contributed by atoms with Gasteiger partial charge in [-0.2, -0.15) is 0 Å². The van der Waals surface area contributed by atoms with Crippen LogP contribution in [0.3, 0.4) is 0 Å². The Morgan fingerprint density at radius 3 is 2.35 bits per heavy atom. The Morgan fingerprint density at radius 2 is 1.94 bits per heavy atom. The molecule has 1 aromatic heterocycles. The molecule has 96 valence electrons. The fraction of sp³-hybridized carbons (Fsp3) is 0.500. The topological polar surface area (TPSA) is 54.0 Å². The van der Waals surface area contributed by atoms with E-state index in [-0.39, 0.29) is 24.2 Å². The molecule has 1 rings (SSSR count). The summed E-state index contributed by atoms with van der Waals surface area (Å²) < 4.78 is 0. The van der Waals surface area contributed by atoms with Crippen LogP contribution in [0.15, 0.2) is 18.3 Å². The van der Waals surface area contributed by atoms with E-state index in [1.165, 1.54) is 0 Å². The molecular formula is C12H20ClN3O. The van der Waals surface area contributed by atoms with E-state index in [1.54, 1.807) is 13.2 Å². The van der Waals surface area contributed by atoms with E-state index < -0.39 is 0 Å². The summed E-state index contributed by atoms with van der Waals surface area (Å²) in [6.07, 6.45) is 1.65. The first kappa shape index (κ1) is 15.7. The van der Waals surface area contributed by atoms with Gasteiger partial charge in [0.25, 0.3) is 0 Å². The minimum absolute atomic E-state index is 0. The van der Waals surface area contributed by atoms with Gasteiger partial charge in [0.15, 0.2) is 0 Å². The van der Waals surface area contributed by atoms with Gasteiger partial charge in [0.05, 0.1) is 11.9 Å². The highest BCUT2D eigenvalue weighted by molar-refractivity contribution is 5.92. The Balaban J connectivity index is 0.00000256. The number of pyridine rings is 1. The highest BCUT2D eigenvalue weighted by Crippen LogP contribution is 2.14. The van der Waals surface area contributed by atoms with Gasteiger partial charge in [-0.1, -0.05) is 20.8 Å². The number of anilines is 2. The van der Waals surface area contributed by atoms with Gasteiger partial charge >= 0.3 is 0 Å². The van der Waals surface area contributed by atoms with Crippen molar-refractivity contribution in [3.05, 3.63) is 18.3 Å². The zero-order valence-electron chi connectivity index (χ0n) is 10.7. The number of hydrogen-bond donors (Lipinski definition) is 2. The molecule has 0 aliphatic heterocycles. The third-order valence-electron chi connectivity index (χ3n) is 2.70. The predicted molar refractivity (Wildman–Crippen MR) is 73.7 cm³/mol. The summed E-state index contributed by atoms with van der Waals surface area (Å²) in [6.45, 7) is 5.99. The molecule has 0 radical (unpaired) electrons. The second-order valence-electron chi connectivity index (χ2n) is 4.20. The van der Waals surface area contributed by atoms with Crippen molar-refractivity contribution in [2.24, 2.45) is 11.8 Å². The first-order chi connectivity index (χ1) is 7.54. The summed E-state index contributed by atoms with van der Waals surface area (Å²) in [7, 11) is 1.81. The fourth-order valence-corrected chi connectivity index (χ4v) is 1.17. The molecule has 0 saturated heterocycles. The predicted octanol–water partition coefficient (Wildman–Crippen LogP) is 2.78. The van der Waals surface area contributed by atoms with Gasteiger partial charge < -0.3 is 10.6 Å². The van der Waals surface area contributed by atoms with Crippen LogP contribution in [0.5, 0.6) is 0 Å². The quantitative estimate of drug-likeness (QED) is 0.872. The van der Waals surface area contributed by atoms with Crippen LogP contribution < -0.4 is 10.6 Å². The number of nitrogens with one attached hydrogen (secondary N) is 2. The van der Waals surface area contributed by atoms with Crippen molar-refractivity contribution >= 4 is 29.8 Å². The van der Waals surface area contributed by atoms with Crippen molar-refractivity contribution in [3.63, 3.8) is 0 Å². The van der Waals surface area contributed by atoms with Crippen LogP contribution in [0.1, 0.15) is 20.8 Å². The Labute approximate surface area is 109 Å². The van der Waals surface area contributed by atoms with E-state index >= 15 is 0 Å². The average molecular weight is 258 g/mol. The van der Waals surface area contributed by atoms with Gasteiger partial charge in [-0.15, -0.1) is 12.4 Å². The van der Waals surface area contributed by atoms with Crippen LogP contribution in [0.4, 0.5) is 11.5 Å². The van der Waals surface area contributed by atoms with Crippen LogP contribution in [0.2, 0.25) is 0 Å². The van der Waals surface area contributed by atoms with E-state index in [2.05, 4.69) is 15.6 Å². The number of carbonyl (C=O) groups is 1. The van der Waals surface area contributed by atoms with Crippen molar-refractivity contribution in [2.75, 3.05) is 17.7 Å². The van der Waals surface area contributed by atoms with Crippen molar-refractivity contribution in [1.82, 2.24) is 4.98 Å². The van der Waals surface area contributed by atoms with Crippen LogP contribution in [0, 0.1) is 11.8 Å². The lowest BCUT2D eigenvalue weighted by Crippen LogP contribution is -2.24. The maximum absolute atomic E-state index is 11.8. The molecule has 0 saturated carbocycles. The first-order valence-corrected chi connectivity index (χ1v) is 5.49. The summed E-state index contributed by atoms with van der Waals surface area (Å²) in [6, 6.07) is 3.67. The summed E-state index contributed by atoms with van der Waals surface area (Å²) in [5.41, 5.74) is 0.733. The number of nitrogens with zero attached hydrogens (tertiary/aromatic N) is 1. The summed E-state index contributed by atoms with van der Waals surface area (Å²) in [4.78, 5) is 15.9. The largest absolute Gasteiger partial charge is 0.373 e. The van der Waals surface area contributed by atoms with Crippen LogP contribution in [-0.2, 0) is 4.79 Å². The average Bonchev–Trinajstić information content (AvgIpc) is 2.28. The molecule has 0 bridgehead atoms. The number of hydrogen-bond acceptors (Lipinski definition) is 3. The monoisotopic (exact) mass is 257 g/mol. The fourth-order valence-electron chi connectivity index (χ4n) is 1.17. The number of carbonyl (C=O) groups excluding carboxylic acids is 1. The van der Waals surface area contributed by atoms with Gasteiger partial charge in [-0.3, -0.25) is 4.79 Å². The van der Waals surface area contributed by atoms with Crippen molar-refractivity contribution in [2.45, 2.75) is 20.8 Å². The molecule has 1 amide bonds. The Hall–Kier alpha value is -1.29. The van der Waals surface area contributed by atoms with E-state index in [1.807, 2.05) is 32.9 Å². The zero-order chi connectivity index (χ0) is 12.1. The zero-order valence-corrected chi connectivity index (χ0v) is 11.5. The second kappa shape index (κ2) is 7.12. The van der Waals surface area contributed by atoms with E-state index in [4.69, 9.17) is 0 Å². The number of rotatable bonds is 4. The van der Waals surface area contributed by atoms with Crippen LogP contribution in [0.25, 0.3) is 0 Å². The number of halogens is 1. The third-order valence-corrected chi connectivity index (χ3v) is 2.70. The summed E-state index contributed by atoms with van der Waals surface area (Å²) in [5.74, 6) is 1.16. The smallest absolute Gasteiger partial charge is 0.227 e. The van der Waals surface area contributed by atoms with Crippen molar-refractivity contribution in [3.8, 4) is 0 Å². The Kier molecular flexibility index (Phi) is 6.58. The highest BCUT2D eigenvalue weighted by Gasteiger charge is 2.16. The van der Waals surface area contributed by atoms with E-state index in [9.17, 15) is 4.79 Å². The molecule has 0 aliphatic rings. The van der Waals surface area contributed by atoms with E-state index in [0.717, 1.165) is 11.5 Å². The summed E-state index contributed by atoms with van der Waals surface area (Å²) in [5, 5.41) is 5.77.